The fourth-order valence-electron chi connectivity index (χ4n) is 0.498. The van der Waals surface area contributed by atoms with Gasteiger partial charge in [-0.25, -0.2) is 0 Å². The Morgan fingerprint density at radius 3 is 1.23 bits per heavy atom. The molecular weight excluding hydrogens is 430 g/mol. The third-order valence-electron chi connectivity index (χ3n) is 1.26. The summed E-state index contributed by atoms with van der Waals surface area (Å²) < 4.78 is 2.80. The molecule has 0 amide bonds. The van der Waals surface area contributed by atoms with E-state index in [1.165, 1.54) is 34.6 Å². The van der Waals surface area contributed by atoms with Gasteiger partial charge in [-0.2, -0.15) is 0 Å². The van der Waals surface area contributed by atoms with Gasteiger partial charge in [0, 0.05) is 0 Å². The fourth-order valence-corrected chi connectivity index (χ4v) is 5.28. The van der Waals surface area contributed by atoms with Crippen LogP contribution in [0.15, 0.2) is 0 Å². The van der Waals surface area contributed by atoms with E-state index in [0.29, 0.717) is 0 Å². The van der Waals surface area contributed by atoms with Gasteiger partial charge in [0.1, 0.15) is 0 Å². The maximum Gasteiger partial charge on any atom is -0.813 e. The van der Waals surface area contributed by atoms with Crippen molar-refractivity contribution in [3.63, 3.8) is 0 Å². The first-order valence-corrected chi connectivity index (χ1v) is 16.4. The topological polar surface area (TPSA) is 0 Å². The van der Waals surface area contributed by atoms with Crippen LogP contribution in [0.3, 0.4) is 0 Å². The summed E-state index contributed by atoms with van der Waals surface area (Å²) in [6.45, 7) is 4.43. The van der Waals surface area contributed by atoms with Crippen molar-refractivity contribution in [1.82, 2.24) is 0 Å². The van der Waals surface area contributed by atoms with Gasteiger partial charge in [-0.05, 0) is 0 Å². The summed E-state index contributed by atoms with van der Waals surface area (Å²) in [5.41, 5.74) is 0. The molecule has 0 N–H and O–H groups in total. The van der Waals surface area contributed by atoms with E-state index >= 15 is 0 Å². The Kier molecular flexibility index (Phi) is 38.2. The largest absolute Gasteiger partial charge is 0.813 e. The summed E-state index contributed by atoms with van der Waals surface area (Å²) in [5.74, 6) is 0. The van der Waals surface area contributed by atoms with E-state index in [2.05, 4.69) is 13.8 Å². The maximum absolute atomic E-state index is 4.89. The van der Waals surface area contributed by atoms with E-state index in [4.69, 9.17) is 18.6 Å². The second kappa shape index (κ2) is 23.9. The van der Waals surface area contributed by atoms with E-state index in [1.807, 2.05) is 0 Å². The van der Waals surface area contributed by atoms with Gasteiger partial charge in [-0.3, -0.25) is 0 Å². The van der Waals surface area contributed by atoms with Crippen molar-refractivity contribution in [2.45, 2.75) is 48.4 Å². The molecular formula is C8H19S3Sn2-. The van der Waals surface area contributed by atoms with Gasteiger partial charge in [0.05, 0.1) is 0 Å². The van der Waals surface area contributed by atoms with Crippen molar-refractivity contribution in [1.29, 1.82) is 0 Å². The quantitative estimate of drug-likeness (QED) is 0.263. The number of unbranched alkanes of at least 4 members (excludes halogenated alkanes) is 2. The number of thiol groups is 1. The summed E-state index contributed by atoms with van der Waals surface area (Å²) in [6, 6.07) is 0. The van der Waals surface area contributed by atoms with Crippen molar-refractivity contribution in [2.24, 2.45) is 0 Å². The molecule has 0 aliphatic heterocycles. The Bertz CT molecular complexity index is 87.4. The number of hydrogen-bond donors (Lipinski definition) is 0. The van der Waals surface area contributed by atoms with E-state index in [-0.39, 0.29) is 51.9 Å². The van der Waals surface area contributed by atoms with Crippen LogP contribution in [0.1, 0.15) is 39.5 Å². The van der Waals surface area contributed by atoms with Crippen molar-refractivity contribution >= 4 is 70.5 Å². The molecule has 0 saturated carbocycles. The third-order valence-corrected chi connectivity index (χ3v) is 7.19. The molecule has 0 aliphatic rings. The van der Waals surface area contributed by atoms with Crippen LogP contribution in [-0.4, -0.2) is 38.4 Å². The van der Waals surface area contributed by atoms with E-state index < -0.39 is 0 Å². The van der Waals surface area contributed by atoms with Gasteiger partial charge in [0.2, 0.25) is 0 Å². The van der Waals surface area contributed by atoms with Gasteiger partial charge in [-0.15, -0.1) is 0 Å². The van der Waals surface area contributed by atoms with Crippen LogP contribution in [-0.2, 0) is 13.5 Å². The molecule has 0 heterocycles. The normalized spacial score (nSPS) is 7.54. The van der Waals surface area contributed by atoms with Crippen LogP contribution < -0.4 is 0 Å². The molecule has 13 heavy (non-hydrogen) atoms. The van der Waals surface area contributed by atoms with E-state index in [0.717, 1.165) is 0 Å². The molecule has 2 radical (unpaired) electrons. The zero-order valence-corrected chi connectivity index (χ0v) is 16.7. The minimum atomic E-state index is -0.227. The summed E-state index contributed by atoms with van der Waals surface area (Å²) in [7, 11) is 9.77. The molecule has 0 bridgehead atoms. The van der Waals surface area contributed by atoms with Gasteiger partial charge in [-0.1, -0.05) is 0 Å². The van der Waals surface area contributed by atoms with Crippen LogP contribution in [0.25, 0.3) is 0 Å². The van der Waals surface area contributed by atoms with Gasteiger partial charge in [0.15, 0.2) is 0 Å². The molecule has 0 rings (SSSR count). The summed E-state index contributed by atoms with van der Waals surface area (Å²) in [6.07, 6.45) is 5.43. The zero-order chi connectivity index (χ0) is 9.66. The summed E-state index contributed by atoms with van der Waals surface area (Å²) in [4.78, 5) is 0. The van der Waals surface area contributed by atoms with Crippen molar-refractivity contribution in [3.05, 3.63) is 0 Å². The SMILES string of the molecule is CCC[CH2][Sn]=[S].CCC[CH2][Sn]=[S].[SH-]. The van der Waals surface area contributed by atoms with Crippen LogP contribution in [0.5, 0.6) is 0 Å². The van der Waals surface area contributed by atoms with E-state index in [9.17, 15) is 0 Å². The first-order chi connectivity index (χ1) is 5.83. The minimum Gasteiger partial charge on any atom is -0.813 e. The first kappa shape index (κ1) is 20.8. The predicted octanol–water partition coefficient (Wildman–Crippen LogP) is 3.77. The molecule has 0 aromatic heterocycles. The van der Waals surface area contributed by atoms with Gasteiger partial charge >= 0.3 is 105 Å². The molecule has 0 unspecified atom stereocenters. The van der Waals surface area contributed by atoms with Crippen LogP contribution >= 0.6 is 18.6 Å². The predicted molar refractivity (Wildman–Crippen MR) is 74.9 cm³/mol. The maximum atomic E-state index is 4.89. The molecule has 0 fully saturated rings. The molecule has 78 valence electrons. The smallest absolute Gasteiger partial charge is 0.813 e. The zero-order valence-electron chi connectivity index (χ0n) is 8.51. The average molecular weight is 449 g/mol. The van der Waals surface area contributed by atoms with Gasteiger partial charge in [0.25, 0.3) is 0 Å². The first-order valence-electron chi connectivity index (χ1n) is 4.53. The Labute approximate surface area is 117 Å². The molecule has 5 heteroatoms. The molecule has 0 nitrogen and oxygen atoms in total. The minimum absolute atomic E-state index is 0. The van der Waals surface area contributed by atoms with E-state index in [1.54, 1.807) is 0 Å². The van der Waals surface area contributed by atoms with Crippen LogP contribution in [0.2, 0.25) is 8.87 Å². The summed E-state index contributed by atoms with van der Waals surface area (Å²) >= 11 is -0.454. The molecule has 0 aromatic rings. The number of hydrogen-bond acceptors (Lipinski definition) is 3. The second-order valence-corrected chi connectivity index (χ2v) is 10.9. The standard InChI is InChI=1S/2C4H9.H2S.2S.2Sn/c2*1-3-4-2;;;;;/h2*1,3-4H2,2H3;1H2;;;;/p-1. The molecule has 0 atom stereocenters. The number of rotatable bonds is 6. The molecule has 0 saturated heterocycles. The van der Waals surface area contributed by atoms with Crippen molar-refractivity contribution in [2.75, 3.05) is 0 Å². The van der Waals surface area contributed by atoms with Crippen molar-refractivity contribution in [3.8, 4) is 0 Å². The monoisotopic (exact) mass is 451 g/mol. The van der Waals surface area contributed by atoms with Crippen LogP contribution in [0.4, 0.5) is 0 Å². The molecule has 0 aromatic carbocycles. The molecule has 0 aliphatic carbocycles. The fraction of sp³-hybridized carbons (Fsp3) is 1.00. The third kappa shape index (κ3) is 31.4. The Balaban J connectivity index is -0.000000143. The summed E-state index contributed by atoms with van der Waals surface area (Å²) in [5, 5.41) is 0. The van der Waals surface area contributed by atoms with Crippen molar-refractivity contribution < 1.29 is 0 Å². The second-order valence-electron chi connectivity index (χ2n) is 2.50. The molecule has 0 spiro atoms. The Morgan fingerprint density at radius 2 is 1.15 bits per heavy atom. The Morgan fingerprint density at radius 1 is 0.846 bits per heavy atom. The van der Waals surface area contributed by atoms with Gasteiger partial charge < -0.3 is 13.5 Å². The average Bonchev–Trinajstić information content (AvgIpc) is 2.12. The van der Waals surface area contributed by atoms with Crippen LogP contribution in [0, 0.1) is 0 Å². The Hall–Kier alpha value is 2.39.